The maximum Gasteiger partial charge on any atom is 0.281 e. The number of unbranched alkanes of at least 4 members (excludes halogenated alkanes) is 8. The molecule has 1 saturated carbocycles. The molecule has 2 aliphatic carbocycles. The van der Waals surface area contributed by atoms with Gasteiger partial charge in [-0.05, 0) is 25.3 Å². The molecule has 0 N–H and O–H groups in total. The van der Waals surface area contributed by atoms with Gasteiger partial charge in [0.15, 0.2) is 0 Å². The minimum Gasteiger partial charge on any atom is -0.374 e. The minimum absolute atomic E-state index is 0.569. The summed E-state index contributed by atoms with van der Waals surface area (Å²) in [4.78, 5) is 0. The summed E-state index contributed by atoms with van der Waals surface area (Å²) in [7, 11) is 0. The molecule has 1 atom stereocenters. The number of ether oxygens (including phenoxy) is 1. The maximum absolute atomic E-state index is 15.1. The summed E-state index contributed by atoms with van der Waals surface area (Å²) in [5, 5.41) is 0. The molecule has 0 bridgehead atoms. The van der Waals surface area contributed by atoms with Crippen molar-refractivity contribution in [3.63, 3.8) is 0 Å². The highest BCUT2D eigenvalue weighted by atomic mass is 19.3. The Bertz CT molecular complexity index is 517. The molecule has 3 heteroatoms. The Balaban J connectivity index is 1.87. The summed E-state index contributed by atoms with van der Waals surface area (Å²) in [6.07, 6.45) is 22.8. The van der Waals surface area contributed by atoms with Crippen LogP contribution in [0.3, 0.4) is 0 Å². The van der Waals surface area contributed by atoms with Gasteiger partial charge in [0, 0.05) is 6.61 Å². The predicted octanol–water partition coefficient (Wildman–Crippen LogP) is 8.17. The van der Waals surface area contributed by atoms with E-state index in [4.69, 9.17) is 4.74 Å². The molecule has 2 aliphatic rings. The smallest absolute Gasteiger partial charge is 0.281 e. The van der Waals surface area contributed by atoms with E-state index in [1.54, 1.807) is 12.2 Å². The Morgan fingerprint density at radius 2 is 1.43 bits per heavy atom. The first-order valence-electron chi connectivity index (χ1n) is 11.6. The van der Waals surface area contributed by atoms with E-state index in [0.717, 1.165) is 38.2 Å². The maximum atomic E-state index is 15.1. The lowest BCUT2D eigenvalue weighted by Gasteiger charge is -2.52. The van der Waals surface area contributed by atoms with Crippen LogP contribution in [0.5, 0.6) is 0 Å². The van der Waals surface area contributed by atoms with Gasteiger partial charge in [-0.3, -0.25) is 0 Å². The molecule has 0 saturated heterocycles. The largest absolute Gasteiger partial charge is 0.374 e. The van der Waals surface area contributed by atoms with Crippen LogP contribution in [0.1, 0.15) is 96.8 Å². The van der Waals surface area contributed by atoms with Gasteiger partial charge in [-0.25, -0.2) is 8.78 Å². The van der Waals surface area contributed by atoms with Crippen molar-refractivity contribution in [3.05, 3.63) is 37.0 Å². The Kier molecular flexibility index (Phi) is 9.40. The molecule has 1 fully saturated rings. The third-order valence-electron chi connectivity index (χ3n) is 6.69. The molecule has 1 unspecified atom stereocenters. The Morgan fingerprint density at radius 3 is 2.00 bits per heavy atom. The second-order valence-corrected chi connectivity index (χ2v) is 8.65. The quantitative estimate of drug-likeness (QED) is 0.226. The summed E-state index contributed by atoms with van der Waals surface area (Å²) in [6.45, 7) is 6.64. The van der Waals surface area contributed by atoms with E-state index in [0.29, 0.717) is 19.4 Å². The van der Waals surface area contributed by atoms with Crippen molar-refractivity contribution in [1.29, 1.82) is 0 Å². The second kappa shape index (κ2) is 11.3. The molecule has 0 heterocycles. The zero-order valence-electron chi connectivity index (χ0n) is 17.9. The Labute approximate surface area is 171 Å². The van der Waals surface area contributed by atoms with Gasteiger partial charge < -0.3 is 4.74 Å². The lowest BCUT2D eigenvalue weighted by atomic mass is 9.60. The van der Waals surface area contributed by atoms with Crippen molar-refractivity contribution in [2.45, 2.75) is 108 Å². The molecule has 0 spiro atoms. The van der Waals surface area contributed by atoms with Gasteiger partial charge >= 0.3 is 0 Å². The van der Waals surface area contributed by atoms with Crippen LogP contribution in [0.15, 0.2) is 37.0 Å². The minimum atomic E-state index is -2.96. The molecule has 0 aromatic rings. The number of allylic oxidation sites excluding steroid dienone is 3. The van der Waals surface area contributed by atoms with Crippen LogP contribution in [0.25, 0.3) is 0 Å². The van der Waals surface area contributed by atoms with E-state index in [9.17, 15) is 0 Å². The zero-order valence-corrected chi connectivity index (χ0v) is 17.9. The lowest BCUT2D eigenvalue weighted by molar-refractivity contribution is -0.191. The highest BCUT2D eigenvalue weighted by Gasteiger charge is 2.62. The predicted molar refractivity (Wildman–Crippen MR) is 115 cm³/mol. The molecule has 0 radical (unpaired) electrons. The van der Waals surface area contributed by atoms with Gasteiger partial charge in [-0.2, -0.15) is 0 Å². The molecule has 1 nitrogen and oxygen atoms in total. The average Bonchev–Trinajstić information content (AvgIpc) is 2.70. The van der Waals surface area contributed by atoms with E-state index >= 15 is 8.78 Å². The van der Waals surface area contributed by atoms with Crippen molar-refractivity contribution in [1.82, 2.24) is 0 Å². The van der Waals surface area contributed by atoms with E-state index in [1.165, 1.54) is 57.1 Å². The van der Waals surface area contributed by atoms with Crippen LogP contribution >= 0.6 is 0 Å². The zero-order chi connectivity index (χ0) is 20.3. The summed E-state index contributed by atoms with van der Waals surface area (Å²) >= 11 is 0. The van der Waals surface area contributed by atoms with Crippen LogP contribution in [0.2, 0.25) is 0 Å². The fourth-order valence-corrected chi connectivity index (χ4v) is 4.96. The van der Waals surface area contributed by atoms with Gasteiger partial charge in [0.25, 0.3) is 5.92 Å². The normalized spacial score (nSPS) is 25.7. The summed E-state index contributed by atoms with van der Waals surface area (Å²) in [5.74, 6) is -2.96. The van der Waals surface area contributed by atoms with E-state index in [2.05, 4.69) is 13.5 Å². The van der Waals surface area contributed by atoms with Crippen molar-refractivity contribution in [3.8, 4) is 0 Å². The first-order valence-corrected chi connectivity index (χ1v) is 11.6. The molecule has 0 aliphatic heterocycles. The summed E-state index contributed by atoms with van der Waals surface area (Å²) < 4.78 is 36.5. The summed E-state index contributed by atoms with van der Waals surface area (Å²) in [5.41, 5.74) is -2.27. The van der Waals surface area contributed by atoms with E-state index < -0.39 is 16.9 Å². The molecule has 2 rings (SSSR count). The van der Waals surface area contributed by atoms with Crippen LogP contribution in [0.4, 0.5) is 8.78 Å². The van der Waals surface area contributed by atoms with E-state index in [1.807, 2.05) is 0 Å². The monoisotopic (exact) mass is 394 g/mol. The van der Waals surface area contributed by atoms with Crippen LogP contribution in [0, 0.1) is 5.41 Å². The molecular formula is C25H40F2O. The van der Waals surface area contributed by atoms with Crippen molar-refractivity contribution in [2.24, 2.45) is 5.41 Å². The highest BCUT2D eigenvalue weighted by Crippen LogP contribution is 2.56. The highest BCUT2D eigenvalue weighted by molar-refractivity contribution is 5.34. The van der Waals surface area contributed by atoms with Crippen molar-refractivity contribution >= 4 is 0 Å². The van der Waals surface area contributed by atoms with Crippen molar-refractivity contribution < 1.29 is 13.5 Å². The van der Waals surface area contributed by atoms with Crippen molar-refractivity contribution in [2.75, 3.05) is 6.61 Å². The van der Waals surface area contributed by atoms with Gasteiger partial charge in [0.05, 0.1) is 5.60 Å². The van der Waals surface area contributed by atoms with Crippen LogP contribution in [-0.2, 0) is 4.74 Å². The van der Waals surface area contributed by atoms with Crippen LogP contribution in [-0.4, -0.2) is 18.1 Å². The average molecular weight is 395 g/mol. The SMILES string of the molecule is C=CC1(C2(OCCCCCCCCCCC)CCCCC2)C=CC=CC1(F)F. The molecule has 28 heavy (non-hydrogen) atoms. The number of hydrogen-bond donors (Lipinski definition) is 0. The lowest BCUT2D eigenvalue weighted by Crippen LogP contribution is -2.58. The number of rotatable bonds is 13. The van der Waals surface area contributed by atoms with Gasteiger partial charge in [-0.1, -0.05) is 102 Å². The molecule has 0 aromatic heterocycles. The molecule has 0 aromatic carbocycles. The topological polar surface area (TPSA) is 9.23 Å². The first kappa shape index (κ1) is 23.3. The number of halogens is 2. The Hall–Kier alpha value is -0.960. The van der Waals surface area contributed by atoms with Gasteiger partial charge in [-0.15, -0.1) is 6.58 Å². The molecule has 0 amide bonds. The van der Waals surface area contributed by atoms with Gasteiger partial charge in [0.2, 0.25) is 0 Å². The number of alkyl halides is 2. The fraction of sp³-hybridized carbons (Fsp3) is 0.760. The van der Waals surface area contributed by atoms with Crippen LogP contribution < -0.4 is 0 Å². The Morgan fingerprint density at radius 1 is 0.857 bits per heavy atom. The first-order chi connectivity index (χ1) is 13.5. The summed E-state index contributed by atoms with van der Waals surface area (Å²) in [6, 6.07) is 0. The second-order valence-electron chi connectivity index (χ2n) is 8.65. The van der Waals surface area contributed by atoms with E-state index in [-0.39, 0.29) is 0 Å². The third-order valence-corrected chi connectivity index (χ3v) is 6.69. The molecule has 160 valence electrons. The number of hydrogen-bond acceptors (Lipinski definition) is 1. The molecular weight excluding hydrogens is 354 g/mol. The standard InChI is InChI=1S/C25H40F2O/c1-3-5-6-7-8-9-10-11-17-22-28-24(19-13-12-14-20-24)23(4-2)18-15-16-21-25(23,26)27/h4,15-16,18,21H,2-3,5-14,17,19-20,22H2,1H3. The third kappa shape index (κ3) is 5.34. The fourth-order valence-electron chi connectivity index (χ4n) is 4.96. The van der Waals surface area contributed by atoms with Gasteiger partial charge in [0.1, 0.15) is 5.41 Å².